The maximum absolute atomic E-state index is 11.4. The molecule has 0 saturated carbocycles. The SMILES string of the molecule is N#CCC(=O)Nc1nc(-c2ccc(N3CCOCC3)cc2)cs1. The van der Waals surface area contributed by atoms with Crippen LogP contribution in [0.3, 0.4) is 0 Å². The first-order valence-corrected chi connectivity index (χ1v) is 8.19. The van der Waals surface area contributed by atoms with Crippen molar-refractivity contribution in [3.8, 4) is 17.3 Å². The van der Waals surface area contributed by atoms with Crippen LogP contribution >= 0.6 is 11.3 Å². The Morgan fingerprint density at radius 3 is 2.78 bits per heavy atom. The first-order chi connectivity index (χ1) is 11.3. The van der Waals surface area contributed by atoms with Crippen LogP contribution in [0.1, 0.15) is 6.42 Å². The standard InChI is InChI=1S/C16H16N4O2S/c17-6-5-15(21)19-16-18-14(11-23-16)12-1-3-13(4-2-12)20-7-9-22-10-8-20/h1-4,11H,5,7-10H2,(H,18,19,21). The van der Waals surface area contributed by atoms with Crippen LogP contribution in [0.2, 0.25) is 0 Å². The summed E-state index contributed by atoms with van der Waals surface area (Å²) in [5.41, 5.74) is 2.99. The molecule has 3 rings (SSSR count). The van der Waals surface area contributed by atoms with Gasteiger partial charge in [-0.3, -0.25) is 4.79 Å². The average molecular weight is 328 g/mol. The van der Waals surface area contributed by atoms with Crippen molar-refractivity contribution in [1.29, 1.82) is 5.26 Å². The maximum atomic E-state index is 11.4. The summed E-state index contributed by atoms with van der Waals surface area (Å²) >= 11 is 1.35. The summed E-state index contributed by atoms with van der Waals surface area (Å²) in [5.74, 6) is -0.337. The number of amides is 1. The molecule has 23 heavy (non-hydrogen) atoms. The summed E-state index contributed by atoms with van der Waals surface area (Å²) in [7, 11) is 0. The number of rotatable bonds is 4. The van der Waals surface area contributed by atoms with Crippen molar-refractivity contribution >= 4 is 28.1 Å². The van der Waals surface area contributed by atoms with Gasteiger partial charge in [0.25, 0.3) is 0 Å². The fourth-order valence-corrected chi connectivity index (χ4v) is 3.10. The number of ether oxygens (including phenoxy) is 1. The lowest BCUT2D eigenvalue weighted by Crippen LogP contribution is -2.36. The van der Waals surface area contributed by atoms with Gasteiger partial charge >= 0.3 is 0 Å². The Hall–Kier alpha value is -2.43. The van der Waals surface area contributed by atoms with Gasteiger partial charge in [0, 0.05) is 29.7 Å². The molecule has 7 heteroatoms. The summed E-state index contributed by atoms with van der Waals surface area (Å²) in [6.45, 7) is 3.34. The molecule has 0 aliphatic carbocycles. The van der Waals surface area contributed by atoms with Crippen molar-refractivity contribution < 1.29 is 9.53 Å². The Balaban J connectivity index is 1.68. The number of hydrogen-bond donors (Lipinski definition) is 1. The van der Waals surface area contributed by atoms with Crippen LogP contribution in [0.15, 0.2) is 29.6 Å². The van der Waals surface area contributed by atoms with E-state index in [0.29, 0.717) is 5.13 Å². The smallest absolute Gasteiger partial charge is 0.240 e. The minimum Gasteiger partial charge on any atom is -0.378 e. The number of aromatic nitrogens is 1. The van der Waals surface area contributed by atoms with Crippen LogP contribution < -0.4 is 10.2 Å². The Morgan fingerprint density at radius 2 is 2.09 bits per heavy atom. The lowest BCUT2D eigenvalue weighted by molar-refractivity contribution is -0.115. The maximum Gasteiger partial charge on any atom is 0.240 e. The summed E-state index contributed by atoms with van der Waals surface area (Å²) in [5, 5.41) is 13.5. The minimum absolute atomic E-state index is 0.164. The summed E-state index contributed by atoms with van der Waals surface area (Å²) in [4.78, 5) is 18.1. The van der Waals surface area contributed by atoms with Crippen LogP contribution in [0.25, 0.3) is 11.3 Å². The topological polar surface area (TPSA) is 78.2 Å². The molecule has 1 fully saturated rings. The van der Waals surface area contributed by atoms with Crippen LogP contribution in [-0.4, -0.2) is 37.2 Å². The fourth-order valence-electron chi connectivity index (χ4n) is 2.36. The van der Waals surface area contributed by atoms with Crippen LogP contribution in [0.4, 0.5) is 10.8 Å². The number of carbonyl (C=O) groups is 1. The van der Waals surface area contributed by atoms with Gasteiger partial charge in [-0.2, -0.15) is 5.26 Å². The quantitative estimate of drug-likeness (QED) is 0.933. The molecule has 0 spiro atoms. The normalized spacial score (nSPS) is 14.3. The molecular weight excluding hydrogens is 312 g/mol. The number of nitrogens with one attached hydrogen (secondary N) is 1. The second-order valence-electron chi connectivity index (χ2n) is 5.07. The van der Waals surface area contributed by atoms with E-state index in [9.17, 15) is 4.79 Å². The number of nitriles is 1. The average Bonchev–Trinajstić information content (AvgIpc) is 3.04. The molecule has 1 aliphatic heterocycles. The van der Waals surface area contributed by atoms with E-state index in [-0.39, 0.29) is 12.3 Å². The molecule has 1 aromatic carbocycles. The molecular formula is C16H16N4O2S. The molecule has 118 valence electrons. The van der Waals surface area contributed by atoms with Crippen LogP contribution in [-0.2, 0) is 9.53 Å². The number of anilines is 2. The van der Waals surface area contributed by atoms with E-state index in [1.807, 2.05) is 23.6 Å². The highest BCUT2D eigenvalue weighted by Gasteiger charge is 2.12. The molecule has 1 saturated heterocycles. The highest BCUT2D eigenvalue weighted by Crippen LogP contribution is 2.27. The molecule has 1 N–H and O–H groups in total. The third-order valence-corrected chi connectivity index (χ3v) is 4.29. The van der Waals surface area contributed by atoms with E-state index in [1.54, 1.807) is 0 Å². The van der Waals surface area contributed by atoms with Gasteiger partial charge in [0.2, 0.25) is 5.91 Å². The number of thiazole rings is 1. The molecule has 1 amide bonds. The molecule has 6 nitrogen and oxygen atoms in total. The number of nitrogens with zero attached hydrogens (tertiary/aromatic N) is 3. The highest BCUT2D eigenvalue weighted by atomic mass is 32.1. The number of carbonyl (C=O) groups excluding carboxylic acids is 1. The molecule has 1 aliphatic rings. The van der Waals surface area contributed by atoms with E-state index < -0.39 is 0 Å². The van der Waals surface area contributed by atoms with Crippen LogP contribution in [0, 0.1) is 11.3 Å². The Labute approximate surface area is 138 Å². The fraction of sp³-hybridized carbons (Fsp3) is 0.312. The van der Waals surface area contributed by atoms with Crippen molar-refractivity contribution in [3.05, 3.63) is 29.6 Å². The molecule has 1 aromatic heterocycles. The van der Waals surface area contributed by atoms with Crippen molar-refractivity contribution in [2.75, 3.05) is 36.5 Å². The number of hydrogen-bond acceptors (Lipinski definition) is 6. The van der Waals surface area contributed by atoms with Crippen molar-refractivity contribution in [2.45, 2.75) is 6.42 Å². The Bertz CT molecular complexity index is 714. The van der Waals surface area contributed by atoms with Crippen molar-refractivity contribution in [1.82, 2.24) is 4.98 Å². The van der Waals surface area contributed by atoms with E-state index in [1.165, 1.54) is 17.0 Å². The summed E-state index contributed by atoms with van der Waals surface area (Å²) in [6.07, 6.45) is -0.164. The Morgan fingerprint density at radius 1 is 1.35 bits per heavy atom. The Kier molecular flexibility index (Phi) is 4.86. The first kappa shape index (κ1) is 15.5. The molecule has 0 bridgehead atoms. The summed E-state index contributed by atoms with van der Waals surface area (Å²) < 4.78 is 5.36. The van der Waals surface area contributed by atoms with Gasteiger partial charge in [-0.15, -0.1) is 11.3 Å². The van der Waals surface area contributed by atoms with Gasteiger partial charge < -0.3 is 15.0 Å². The van der Waals surface area contributed by atoms with E-state index in [0.717, 1.165) is 37.6 Å². The van der Waals surface area contributed by atoms with Crippen LogP contribution in [0.5, 0.6) is 0 Å². The van der Waals surface area contributed by atoms with E-state index >= 15 is 0 Å². The molecule has 0 radical (unpaired) electrons. The van der Waals surface area contributed by atoms with Crippen molar-refractivity contribution in [2.24, 2.45) is 0 Å². The zero-order chi connectivity index (χ0) is 16.1. The number of morpholine rings is 1. The van der Waals surface area contributed by atoms with Gasteiger partial charge in [-0.05, 0) is 12.1 Å². The van der Waals surface area contributed by atoms with Crippen molar-refractivity contribution in [3.63, 3.8) is 0 Å². The van der Waals surface area contributed by atoms with Gasteiger partial charge in [-0.1, -0.05) is 12.1 Å². The largest absolute Gasteiger partial charge is 0.378 e. The van der Waals surface area contributed by atoms with E-state index in [4.69, 9.17) is 10.00 Å². The lowest BCUT2D eigenvalue weighted by Gasteiger charge is -2.28. The zero-order valence-electron chi connectivity index (χ0n) is 12.5. The predicted octanol–water partition coefficient (Wildman–Crippen LogP) is 2.50. The highest BCUT2D eigenvalue weighted by molar-refractivity contribution is 7.14. The second-order valence-corrected chi connectivity index (χ2v) is 5.93. The predicted molar refractivity (Wildman–Crippen MR) is 89.4 cm³/mol. The van der Waals surface area contributed by atoms with Gasteiger partial charge in [0.05, 0.1) is 25.0 Å². The first-order valence-electron chi connectivity index (χ1n) is 7.32. The third-order valence-electron chi connectivity index (χ3n) is 3.53. The molecule has 2 aromatic rings. The monoisotopic (exact) mass is 328 g/mol. The minimum atomic E-state index is -0.337. The van der Waals surface area contributed by atoms with Gasteiger partial charge in [0.15, 0.2) is 5.13 Å². The molecule has 0 unspecified atom stereocenters. The lowest BCUT2D eigenvalue weighted by atomic mass is 10.1. The third kappa shape index (κ3) is 3.86. The second kappa shape index (κ2) is 7.22. The zero-order valence-corrected chi connectivity index (χ0v) is 13.3. The molecule has 2 heterocycles. The molecule has 0 atom stereocenters. The van der Waals surface area contributed by atoms with Gasteiger partial charge in [-0.25, -0.2) is 4.98 Å². The van der Waals surface area contributed by atoms with E-state index in [2.05, 4.69) is 27.3 Å². The number of benzene rings is 1. The summed E-state index contributed by atoms with van der Waals surface area (Å²) in [6, 6.07) is 10.0. The van der Waals surface area contributed by atoms with Gasteiger partial charge in [0.1, 0.15) is 6.42 Å².